The molecule has 1 heterocycles. The molecular formula is C15H21FN4O. The molecule has 2 rings (SSSR count). The number of nitrogens with zero attached hydrogens (tertiary/aromatic N) is 2. The van der Waals surface area contributed by atoms with E-state index in [0.717, 1.165) is 11.3 Å². The summed E-state index contributed by atoms with van der Waals surface area (Å²) in [6.45, 7) is 4.14. The monoisotopic (exact) mass is 292 g/mol. The van der Waals surface area contributed by atoms with Crippen molar-refractivity contribution in [1.29, 1.82) is 0 Å². The number of methoxy groups -OCH3 is 1. The van der Waals surface area contributed by atoms with Crippen LogP contribution in [0.3, 0.4) is 0 Å². The molecule has 6 heteroatoms. The minimum Gasteiger partial charge on any atom is -0.494 e. The molecule has 114 valence electrons. The van der Waals surface area contributed by atoms with E-state index >= 15 is 0 Å². The minimum absolute atomic E-state index is 0.157. The van der Waals surface area contributed by atoms with Gasteiger partial charge >= 0.3 is 0 Å². The van der Waals surface area contributed by atoms with Gasteiger partial charge in [0.15, 0.2) is 11.6 Å². The second-order valence-electron chi connectivity index (χ2n) is 5.20. The highest BCUT2D eigenvalue weighted by atomic mass is 19.1. The zero-order valence-electron chi connectivity index (χ0n) is 12.5. The minimum atomic E-state index is -0.388. The lowest BCUT2D eigenvalue weighted by Crippen LogP contribution is -2.29. The molecule has 0 spiro atoms. The van der Waals surface area contributed by atoms with Crippen molar-refractivity contribution in [3.8, 4) is 5.75 Å². The maximum absolute atomic E-state index is 13.5. The summed E-state index contributed by atoms with van der Waals surface area (Å²) in [6.07, 6.45) is 2.56. The Balaban J connectivity index is 2.19. The Morgan fingerprint density at radius 1 is 1.38 bits per heavy atom. The Labute approximate surface area is 123 Å². The largest absolute Gasteiger partial charge is 0.494 e. The molecular weight excluding hydrogens is 271 g/mol. The molecule has 0 radical (unpaired) electrons. The fourth-order valence-corrected chi connectivity index (χ4v) is 2.15. The lowest BCUT2D eigenvalue weighted by molar-refractivity contribution is 0.384. The molecule has 0 aliphatic heterocycles. The highest BCUT2D eigenvalue weighted by molar-refractivity contribution is 5.32. The number of benzene rings is 1. The lowest BCUT2D eigenvalue weighted by Gasteiger charge is -2.16. The lowest BCUT2D eigenvalue weighted by atomic mass is 10.0. The van der Waals surface area contributed by atoms with Crippen molar-refractivity contribution in [1.82, 2.24) is 15.2 Å². The van der Waals surface area contributed by atoms with Crippen molar-refractivity contribution in [3.63, 3.8) is 0 Å². The van der Waals surface area contributed by atoms with Crippen LogP contribution >= 0.6 is 0 Å². The first-order valence-corrected chi connectivity index (χ1v) is 6.88. The Morgan fingerprint density at radius 3 is 2.71 bits per heavy atom. The van der Waals surface area contributed by atoms with E-state index < -0.39 is 0 Å². The summed E-state index contributed by atoms with van der Waals surface area (Å²) < 4.78 is 20.4. The molecule has 0 fully saturated rings. The van der Waals surface area contributed by atoms with E-state index in [1.807, 2.05) is 16.9 Å². The van der Waals surface area contributed by atoms with Crippen molar-refractivity contribution in [2.45, 2.75) is 32.4 Å². The third-order valence-electron chi connectivity index (χ3n) is 3.38. The van der Waals surface area contributed by atoms with E-state index in [-0.39, 0.29) is 17.6 Å². The molecule has 0 saturated heterocycles. The quantitative estimate of drug-likeness (QED) is 0.633. The van der Waals surface area contributed by atoms with Crippen LogP contribution in [0, 0.1) is 5.82 Å². The zero-order valence-corrected chi connectivity index (χ0v) is 12.5. The van der Waals surface area contributed by atoms with Gasteiger partial charge < -0.3 is 4.74 Å². The van der Waals surface area contributed by atoms with Crippen molar-refractivity contribution in [2.24, 2.45) is 5.84 Å². The Hall–Kier alpha value is -1.92. The summed E-state index contributed by atoms with van der Waals surface area (Å²) in [5, 5.41) is 4.50. The molecule has 0 saturated carbocycles. The normalized spacial score (nSPS) is 12.7. The molecule has 21 heavy (non-hydrogen) atoms. The number of halogens is 1. The summed E-state index contributed by atoms with van der Waals surface area (Å²) in [5.74, 6) is 5.45. The van der Waals surface area contributed by atoms with Crippen molar-refractivity contribution in [3.05, 3.63) is 47.5 Å². The van der Waals surface area contributed by atoms with Gasteiger partial charge in [-0.1, -0.05) is 6.07 Å². The molecule has 3 N–H and O–H groups in total. The number of hydrogen-bond acceptors (Lipinski definition) is 4. The third-order valence-corrected chi connectivity index (χ3v) is 3.38. The third kappa shape index (κ3) is 3.59. The van der Waals surface area contributed by atoms with Crippen LogP contribution in [-0.4, -0.2) is 16.9 Å². The first-order chi connectivity index (χ1) is 10.0. The van der Waals surface area contributed by atoms with E-state index in [1.54, 1.807) is 12.1 Å². The Morgan fingerprint density at radius 2 is 2.14 bits per heavy atom. The summed E-state index contributed by atoms with van der Waals surface area (Å²) in [6, 6.07) is 6.85. The predicted octanol–water partition coefficient (Wildman–Crippen LogP) is 2.36. The summed E-state index contributed by atoms with van der Waals surface area (Å²) in [5.41, 5.74) is 4.53. The van der Waals surface area contributed by atoms with Crippen LogP contribution in [0.15, 0.2) is 30.5 Å². The van der Waals surface area contributed by atoms with Crippen molar-refractivity contribution >= 4 is 0 Å². The van der Waals surface area contributed by atoms with Crippen LogP contribution in [0.4, 0.5) is 4.39 Å². The van der Waals surface area contributed by atoms with E-state index in [9.17, 15) is 4.39 Å². The van der Waals surface area contributed by atoms with E-state index in [1.165, 1.54) is 13.2 Å². The molecule has 0 aliphatic rings. The summed E-state index contributed by atoms with van der Waals surface area (Å²) in [4.78, 5) is 0. The molecule has 2 aromatic rings. The standard InChI is InChI=1S/C15H21FN4O/c1-10(2)20-7-6-12(19-20)9-14(18-17)11-4-5-13(16)15(8-11)21-3/h4-8,10,14,18H,9,17H2,1-3H3. The van der Waals surface area contributed by atoms with Crippen LogP contribution < -0.4 is 16.0 Å². The second kappa shape index (κ2) is 6.69. The number of ether oxygens (including phenoxy) is 1. The first kappa shape index (κ1) is 15.5. The van der Waals surface area contributed by atoms with E-state index in [4.69, 9.17) is 10.6 Å². The van der Waals surface area contributed by atoms with Gasteiger partial charge in [-0.15, -0.1) is 0 Å². The van der Waals surface area contributed by atoms with Gasteiger partial charge in [-0.25, -0.2) is 4.39 Å². The van der Waals surface area contributed by atoms with Gasteiger partial charge in [-0.05, 0) is 37.6 Å². The fraction of sp³-hybridized carbons (Fsp3) is 0.400. The number of rotatable bonds is 6. The number of nitrogens with two attached hydrogens (primary N) is 1. The van der Waals surface area contributed by atoms with Gasteiger partial charge in [0.25, 0.3) is 0 Å². The smallest absolute Gasteiger partial charge is 0.165 e. The summed E-state index contributed by atoms with van der Waals surface area (Å²) >= 11 is 0. The van der Waals surface area contributed by atoms with Crippen LogP contribution in [0.25, 0.3) is 0 Å². The SMILES string of the molecule is COc1cc(C(Cc2ccn(C(C)C)n2)NN)ccc1F. The molecule has 1 unspecified atom stereocenters. The van der Waals surface area contributed by atoms with Gasteiger partial charge in [0, 0.05) is 18.7 Å². The van der Waals surface area contributed by atoms with E-state index in [0.29, 0.717) is 12.5 Å². The van der Waals surface area contributed by atoms with Crippen molar-refractivity contribution in [2.75, 3.05) is 7.11 Å². The number of hydrazine groups is 1. The molecule has 1 aromatic carbocycles. The molecule has 0 amide bonds. The summed E-state index contributed by atoms with van der Waals surface area (Å²) in [7, 11) is 1.44. The van der Waals surface area contributed by atoms with Crippen LogP contribution in [-0.2, 0) is 6.42 Å². The van der Waals surface area contributed by atoms with Gasteiger partial charge in [0.1, 0.15) is 0 Å². The molecule has 5 nitrogen and oxygen atoms in total. The van der Waals surface area contributed by atoms with Crippen molar-refractivity contribution < 1.29 is 9.13 Å². The van der Waals surface area contributed by atoms with E-state index in [2.05, 4.69) is 24.4 Å². The molecule has 0 aliphatic carbocycles. The Kier molecular flexibility index (Phi) is 4.93. The molecule has 1 atom stereocenters. The maximum Gasteiger partial charge on any atom is 0.165 e. The predicted molar refractivity (Wildman–Crippen MR) is 79.3 cm³/mol. The molecule has 0 bridgehead atoms. The number of hydrogen-bond donors (Lipinski definition) is 2. The van der Waals surface area contributed by atoms with Crippen LogP contribution in [0.1, 0.15) is 37.2 Å². The highest BCUT2D eigenvalue weighted by Crippen LogP contribution is 2.24. The fourth-order valence-electron chi connectivity index (χ4n) is 2.15. The van der Waals surface area contributed by atoms with Crippen LogP contribution in [0.2, 0.25) is 0 Å². The van der Waals surface area contributed by atoms with Crippen LogP contribution in [0.5, 0.6) is 5.75 Å². The van der Waals surface area contributed by atoms with Gasteiger partial charge in [0.2, 0.25) is 0 Å². The first-order valence-electron chi connectivity index (χ1n) is 6.88. The zero-order chi connectivity index (χ0) is 15.4. The molecule has 1 aromatic heterocycles. The van der Waals surface area contributed by atoms with Gasteiger partial charge in [-0.2, -0.15) is 5.10 Å². The van der Waals surface area contributed by atoms with Gasteiger partial charge in [0.05, 0.1) is 18.8 Å². The average Bonchev–Trinajstić information content (AvgIpc) is 2.94. The maximum atomic E-state index is 13.5. The highest BCUT2D eigenvalue weighted by Gasteiger charge is 2.15. The average molecular weight is 292 g/mol. The topological polar surface area (TPSA) is 65.1 Å². The number of aromatic nitrogens is 2. The Bertz CT molecular complexity index is 597. The second-order valence-corrected chi connectivity index (χ2v) is 5.20. The number of nitrogens with one attached hydrogen (secondary N) is 1. The van der Waals surface area contributed by atoms with Gasteiger partial charge in [-0.3, -0.25) is 16.0 Å².